The van der Waals surface area contributed by atoms with Crippen molar-refractivity contribution >= 4 is 17.2 Å². The second-order valence-corrected chi connectivity index (χ2v) is 5.53. The van der Waals surface area contributed by atoms with Crippen molar-refractivity contribution in [2.75, 3.05) is 6.61 Å². The molecule has 8 heteroatoms. The Bertz CT molecular complexity index is 1000. The van der Waals surface area contributed by atoms with Crippen molar-refractivity contribution in [2.24, 2.45) is 0 Å². The number of fused-ring (bicyclic) bond motifs is 1. The van der Waals surface area contributed by atoms with Gasteiger partial charge in [-0.05, 0) is 35.9 Å². The molecule has 0 saturated carbocycles. The van der Waals surface area contributed by atoms with Gasteiger partial charge in [0.15, 0.2) is 6.61 Å². The first-order valence-corrected chi connectivity index (χ1v) is 7.53. The molecule has 0 aliphatic rings. The lowest BCUT2D eigenvalue weighted by Gasteiger charge is -2.14. The van der Waals surface area contributed by atoms with Gasteiger partial charge in [-0.25, -0.2) is 0 Å². The number of aromatic nitrogens is 2. The van der Waals surface area contributed by atoms with Gasteiger partial charge in [0.2, 0.25) is 0 Å². The molecule has 0 unspecified atom stereocenters. The third-order valence-electron chi connectivity index (χ3n) is 3.73. The van der Waals surface area contributed by atoms with Crippen LogP contribution in [0.15, 0.2) is 42.6 Å². The summed E-state index contributed by atoms with van der Waals surface area (Å²) in [6.07, 6.45) is -2.29. The molecule has 0 atom stereocenters. The number of alkyl halides is 3. The Hall–Kier alpha value is -3.34. The number of rotatable bonds is 5. The first-order chi connectivity index (χ1) is 12.4. The van der Waals surface area contributed by atoms with Crippen LogP contribution >= 0.6 is 0 Å². The van der Waals surface area contributed by atoms with Gasteiger partial charge in [-0.15, -0.1) is 0 Å². The van der Waals surface area contributed by atoms with E-state index >= 15 is 0 Å². The van der Waals surface area contributed by atoms with E-state index in [1.807, 2.05) is 0 Å². The Balaban J connectivity index is 1.96. The number of hydrogen-bond donors (Lipinski definition) is 0. The lowest BCUT2D eigenvalue weighted by Crippen LogP contribution is -2.12. The Kier molecular flexibility index (Phi) is 4.63. The highest BCUT2D eigenvalue weighted by Gasteiger charge is 2.34. The average Bonchev–Trinajstić information content (AvgIpc) is 3.01. The smallest absolute Gasteiger partial charge is 0.416 e. The van der Waals surface area contributed by atoms with Gasteiger partial charge in [-0.1, -0.05) is 6.07 Å². The zero-order valence-corrected chi connectivity index (χ0v) is 13.3. The van der Waals surface area contributed by atoms with Crippen molar-refractivity contribution in [3.8, 4) is 11.8 Å². The number of halogens is 3. The van der Waals surface area contributed by atoms with Crippen LogP contribution in [0.3, 0.4) is 0 Å². The lowest BCUT2D eigenvalue weighted by atomic mass is 10.1. The van der Waals surface area contributed by atoms with Crippen LogP contribution < -0.4 is 4.74 Å². The van der Waals surface area contributed by atoms with Crippen LogP contribution in [0.1, 0.15) is 21.5 Å². The van der Waals surface area contributed by atoms with E-state index in [-0.39, 0.29) is 24.5 Å². The second kappa shape index (κ2) is 6.88. The van der Waals surface area contributed by atoms with Crippen molar-refractivity contribution < 1.29 is 22.7 Å². The van der Waals surface area contributed by atoms with Crippen molar-refractivity contribution in [1.29, 1.82) is 5.26 Å². The Labute approximate surface area is 146 Å². The van der Waals surface area contributed by atoms with Gasteiger partial charge < -0.3 is 4.74 Å². The predicted octanol–water partition coefficient (Wildman–Crippen LogP) is 3.82. The summed E-state index contributed by atoms with van der Waals surface area (Å²) >= 11 is 0. The molecule has 0 fully saturated rings. The Morgan fingerprint density at radius 3 is 2.73 bits per heavy atom. The molecule has 0 N–H and O–H groups in total. The van der Waals surface area contributed by atoms with E-state index in [1.54, 1.807) is 30.5 Å². The molecule has 132 valence electrons. The molecular weight excluding hydrogens is 347 g/mol. The fourth-order valence-electron chi connectivity index (χ4n) is 2.59. The lowest BCUT2D eigenvalue weighted by molar-refractivity contribution is -0.138. The van der Waals surface area contributed by atoms with Gasteiger partial charge in [0, 0.05) is 17.1 Å². The number of ether oxygens (including phenoxy) is 1. The summed E-state index contributed by atoms with van der Waals surface area (Å²) in [5.41, 5.74) is 0.219. The van der Waals surface area contributed by atoms with E-state index in [2.05, 4.69) is 5.10 Å². The highest BCUT2D eigenvalue weighted by Crippen LogP contribution is 2.35. The minimum absolute atomic E-state index is 0.0187. The van der Waals surface area contributed by atoms with Crippen LogP contribution in [-0.4, -0.2) is 22.7 Å². The zero-order valence-electron chi connectivity index (χ0n) is 13.3. The van der Waals surface area contributed by atoms with Gasteiger partial charge >= 0.3 is 6.18 Å². The first kappa shape index (κ1) is 17.5. The number of carbonyl (C=O) groups excluding carboxylic acids is 1. The van der Waals surface area contributed by atoms with Crippen LogP contribution in [0.2, 0.25) is 0 Å². The standard InChI is InChI=1S/C18H12F3N3O2/c19-18(20,21)16-8-15(26-6-5-22)3-2-13(16)9-24-10-14-7-12(11-25)1-4-17(14)23-24/h1-4,7-8,10-11H,6,9H2. The van der Waals surface area contributed by atoms with Crippen LogP contribution in [0, 0.1) is 11.3 Å². The van der Waals surface area contributed by atoms with Crippen LogP contribution in [-0.2, 0) is 12.7 Å². The summed E-state index contributed by atoms with van der Waals surface area (Å²) in [6, 6.07) is 10.1. The fraction of sp³-hybridized carbons (Fsp3) is 0.167. The number of nitrogens with zero attached hydrogens (tertiary/aromatic N) is 3. The molecule has 1 heterocycles. The minimum Gasteiger partial charge on any atom is -0.479 e. The molecule has 0 aliphatic carbocycles. The van der Waals surface area contributed by atoms with Gasteiger partial charge in [0.1, 0.15) is 18.1 Å². The van der Waals surface area contributed by atoms with Gasteiger partial charge in [0.25, 0.3) is 0 Å². The van der Waals surface area contributed by atoms with E-state index in [0.29, 0.717) is 22.8 Å². The van der Waals surface area contributed by atoms with E-state index in [4.69, 9.17) is 10.00 Å². The number of benzene rings is 2. The largest absolute Gasteiger partial charge is 0.479 e. The first-order valence-electron chi connectivity index (χ1n) is 7.53. The summed E-state index contributed by atoms with van der Waals surface area (Å²) < 4.78 is 46.4. The van der Waals surface area contributed by atoms with Gasteiger partial charge in [-0.2, -0.15) is 23.5 Å². The molecule has 3 rings (SSSR count). The molecule has 0 bridgehead atoms. The van der Waals surface area contributed by atoms with Crippen molar-refractivity contribution in [2.45, 2.75) is 12.7 Å². The van der Waals surface area contributed by atoms with Crippen LogP contribution in [0.5, 0.6) is 5.75 Å². The van der Waals surface area contributed by atoms with Crippen LogP contribution in [0.25, 0.3) is 10.9 Å². The molecular formula is C18H12F3N3O2. The molecule has 5 nitrogen and oxygen atoms in total. The summed E-state index contributed by atoms with van der Waals surface area (Å²) in [5.74, 6) is -0.0242. The van der Waals surface area contributed by atoms with E-state index in [9.17, 15) is 18.0 Å². The molecule has 1 aromatic heterocycles. The molecule has 0 spiro atoms. The SMILES string of the molecule is N#CCOc1ccc(Cn2cc3cc(C=O)ccc3n2)c(C(F)(F)F)c1. The monoisotopic (exact) mass is 359 g/mol. The number of hydrogen-bond acceptors (Lipinski definition) is 4. The molecule has 0 saturated heterocycles. The number of aldehydes is 1. The zero-order chi connectivity index (χ0) is 18.7. The third kappa shape index (κ3) is 3.67. The number of carbonyl (C=O) groups is 1. The molecule has 26 heavy (non-hydrogen) atoms. The van der Waals surface area contributed by atoms with E-state index in [1.165, 1.54) is 16.8 Å². The summed E-state index contributed by atoms with van der Waals surface area (Å²) in [7, 11) is 0. The summed E-state index contributed by atoms with van der Waals surface area (Å²) in [5, 5.41) is 13.4. The summed E-state index contributed by atoms with van der Waals surface area (Å²) in [4.78, 5) is 10.8. The second-order valence-electron chi connectivity index (χ2n) is 5.53. The molecule has 2 aromatic carbocycles. The summed E-state index contributed by atoms with van der Waals surface area (Å²) in [6.45, 7) is -0.432. The van der Waals surface area contributed by atoms with Gasteiger partial charge in [-0.3, -0.25) is 9.48 Å². The highest BCUT2D eigenvalue weighted by molar-refractivity contribution is 5.86. The quantitative estimate of drug-likeness (QED) is 0.650. The Morgan fingerprint density at radius 2 is 2.04 bits per heavy atom. The minimum atomic E-state index is -4.57. The number of nitriles is 1. The van der Waals surface area contributed by atoms with Crippen LogP contribution in [0.4, 0.5) is 13.2 Å². The van der Waals surface area contributed by atoms with Crippen molar-refractivity contribution in [3.05, 3.63) is 59.3 Å². The molecule has 0 aliphatic heterocycles. The fourth-order valence-corrected chi connectivity index (χ4v) is 2.59. The third-order valence-corrected chi connectivity index (χ3v) is 3.73. The maximum Gasteiger partial charge on any atom is 0.416 e. The van der Waals surface area contributed by atoms with Crippen molar-refractivity contribution in [3.63, 3.8) is 0 Å². The highest BCUT2D eigenvalue weighted by atomic mass is 19.4. The van der Waals surface area contributed by atoms with E-state index in [0.717, 1.165) is 6.07 Å². The maximum atomic E-state index is 13.4. The van der Waals surface area contributed by atoms with Crippen molar-refractivity contribution in [1.82, 2.24) is 9.78 Å². The normalized spacial score (nSPS) is 11.3. The Morgan fingerprint density at radius 1 is 1.23 bits per heavy atom. The maximum absolute atomic E-state index is 13.4. The molecule has 0 amide bonds. The van der Waals surface area contributed by atoms with Gasteiger partial charge in [0.05, 0.1) is 17.6 Å². The molecule has 0 radical (unpaired) electrons. The molecule has 3 aromatic rings. The predicted molar refractivity (Wildman–Crippen MR) is 86.8 cm³/mol. The average molecular weight is 359 g/mol. The van der Waals surface area contributed by atoms with E-state index < -0.39 is 11.7 Å². The topological polar surface area (TPSA) is 67.9 Å².